The lowest BCUT2D eigenvalue weighted by molar-refractivity contribution is -0.123. The highest BCUT2D eigenvalue weighted by Gasteiger charge is 2.50. The molecule has 4 fully saturated rings. The van der Waals surface area contributed by atoms with Crippen LogP contribution in [0, 0.1) is 23.2 Å². The molecule has 0 heterocycles. The topological polar surface area (TPSA) is 84.2 Å². The molecular weight excluding hydrogens is 326 g/mol. The van der Waals surface area contributed by atoms with Crippen molar-refractivity contribution in [2.24, 2.45) is 28.9 Å². The summed E-state index contributed by atoms with van der Waals surface area (Å²) in [5.74, 6) is 2.63. The SMILES string of the molecule is NC(=O)NC(CC(=O)NCC12CC3CC(CC(C3)C1)C2)c1ccccc1. The second kappa shape index (κ2) is 6.93. The van der Waals surface area contributed by atoms with Gasteiger partial charge in [-0.3, -0.25) is 4.79 Å². The van der Waals surface area contributed by atoms with Crippen LogP contribution in [0.4, 0.5) is 4.79 Å². The maximum absolute atomic E-state index is 12.6. The summed E-state index contributed by atoms with van der Waals surface area (Å²) in [4.78, 5) is 23.9. The molecule has 4 aliphatic rings. The fourth-order valence-electron chi connectivity index (χ4n) is 6.16. The minimum absolute atomic E-state index is 0.0108. The van der Waals surface area contributed by atoms with Crippen molar-refractivity contribution >= 4 is 11.9 Å². The van der Waals surface area contributed by atoms with Gasteiger partial charge in [0.2, 0.25) is 5.91 Å². The molecule has 1 aromatic rings. The Balaban J connectivity index is 1.36. The second-order valence-corrected chi connectivity index (χ2v) is 8.87. The summed E-state index contributed by atoms with van der Waals surface area (Å²) in [7, 11) is 0. The molecule has 5 rings (SSSR count). The quantitative estimate of drug-likeness (QED) is 0.732. The standard InChI is InChI=1S/C21H29N3O2/c22-20(26)24-18(17-4-2-1-3-5-17)9-19(25)23-13-21-10-14-6-15(11-21)8-16(7-14)12-21/h1-5,14-16,18H,6-13H2,(H,23,25)(H3,22,24,26). The van der Waals surface area contributed by atoms with Crippen molar-refractivity contribution in [3.63, 3.8) is 0 Å². The Labute approximate surface area is 155 Å². The molecule has 0 aromatic heterocycles. The first kappa shape index (κ1) is 17.4. The van der Waals surface area contributed by atoms with Crippen LogP contribution in [0.5, 0.6) is 0 Å². The highest BCUT2D eigenvalue weighted by molar-refractivity contribution is 5.78. The minimum atomic E-state index is -0.604. The molecule has 0 spiro atoms. The summed E-state index contributed by atoms with van der Waals surface area (Å²) in [6.45, 7) is 0.785. The van der Waals surface area contributed by atoms with E-state index in [0.29, 0.717) is 5.41 Å². The number of urea groups is 1. The minimum Gasteiger partial charge on any atom is -0.355 e. The van der Waals surface area contributed by atoms with Crippen LogP contribution in [-0.2, 0) is 4.79 Å². The van der Waals surface area contributed by atoms with Crippen molar-refractivity contribution in [1.29, 1.82) is 0 Å². The van der Waals surface area contributed by atoms with Crippen LogP contribution in [0.3, 0.4) is 0 Å². The molecule has 0 saturated heterocycles. The van der Waals surface area contributed by atoms with E-state index in [1.165, 1.54) is 38.5 Å². The number of benzene rings is 1. The van der Waals surface area contributed by atoms with Gasteiger partial charge in [-0.05, 0) is 67.3 Å². The summed E-state index contributed by atoms with van der Waals surface area (Å²) in [5.41, 5.74) is 6.52. The number of nitrogens with two attached hydrogens (primary N) is 1. The van der Waals surface area contributed by atoms with Crippen LogP contribution >= 0.6 is 0 Å². The normalized spacial score (nSPS) is 32.8. The van der Waals surface area contributed by atoms with Gasteiger partial charge in [0.1, 0.15) is 0 Å². The van der Waals surface area contributed by atoms with Gasteiger partial charge in [0.05, 0.1) is 12.5 Å². The number of carbonyl (C=O) groups excluding carboxylic acids is 2. The van der Waals surface area contributed by atoms with Crippen molar-refractivity contribution in [3.8, 4) is 0 Å². The molecule has 5 heteroatoms. The number of hydrogen-bond acceptors (Lipinski definition) is 2. The van der Waals surface area contributed by atoms with Crippen molar-refractivity contribution in [3.05, 3.63) is 35.9 Å². The molecule has 1 unspecified atom stereocenters. The van der Waals surface area contributed by atoms with Crippen LogP contribution in [-0.4, -0.2) is 18.5 Å². The highest BCUT2D eigenvalue weighted by atomic mass is 16.2. The maximum Gasteiger partial charge on any atom is 0.312 e. The van der Waals surface area contributed by atoms with Gasteiger partial charge in [0.25, 0.3) is 0 Å². The summed E-state index contributed by atoms with van der Waals surface area (Å²) >= 11 is 0. The number of amides is 3. The first-order valence-electron chi connectivity index (χ1n) is 9.89. The zero-order chi connectivity index (χ0) is 18.1. The maximum atomic E-state index is 12.6. The van der Waals surface area contributed by atoms with Crippen molar-refractivity contribution < 1.29 is 9.59 Å². The van der Waals surface area contributed by atoms with Gasteiger partial charge < -0.3 is 16.4 Å². The molecule has 4 aliphatic carbocycles. The molecule has 3 amide bonds. The Morgan fingerprint density at radius 2 is 1.62 bits per heavy atom. The van der Waals surface area contributed by atoms with E-state index in [9.17, 15) is 9.59 Å². The Hall–Kier alpha value is -2.04. The fraction of sp³-hybridized carbons (Fsp3) is 0.619. The van der Waals surface area contributed by atoms with E-state index in [1.807, 2.05) is 30.3 Å². The largest absolute Gasteiger partial charge is 0.355 e. The molecule has 1 atom stereocenters. The van der Waals surface area contributed by atoms with Crippen molar-refractivity contribution in [2.75, 3.05) is 6.54 Å². The van der Waals surface area contributed by atoms with Crippen molar-refractivity contribution in [1.82, 2.24) is 10.6 Å². The average Bonchev–Trinajstić information content (AvgIpc) is 2.59. The van der Waals surface area contributed by atoms with Crippen LogP contribution in [0.15, 0.2) is 30.3 Å². The summed E-state index contributed by atoms with van der Waals surface area (Å²) < 4.78 is 0. The Kier molecular flexibility index (Phi) is 4.63. The van der Waals surface area contributed by atoms with Gasteiger partial charge in [-0.15, -0.1) is 0 Å². The van der Waals surface area contributed by atoms with Crippen LogP contribution in [0.2, 0.25) is 0 Å². The Morgan fingerprint density at radius 3 is 2.15 bits per heavy atom. The second-order valence-electron chi connectivity index (χ2n) is 8.87. The Bertz CT molecular complexity index is 638. The lowest BCUT2D eigenvalue weighted by Gasteiger charge is -2.56. The number of rotatable bonds is 6. The Morgan fingerprint density at radius 1 is 1.04 bits per heavy atom. The summed E-state index contributed by atoms with van der Waals surface area (Å²) in [5, 5.41) is 5.88. The predicted molar refractivity (Wildman–Crippen MR) is 100 cm³/mol. The highest BCUT2D eigenvalue weighted by Crippen LogP contribution is 2.59. The zero-order valence-corrected chi connectivity index (χ0v) is 15.2. The van der Waals surface area contributed by atoms with Gasteiger partial charge in [-0.1, -0.05) is 30.3 Å². The summed E-state index contributed by atoms with van der Waals surface area (Å²) in [6, 6.07) is 8.55. The molecule has 4 bridgehead atoms. The first-order chi connectivity index (χ1) is 12.5. The van der Waals surface area contributed by atoms with Gasteiger partial charge in [-0.25, -0.2) is 4.79 Å². The lowest BCUT2D eigenvalue weighted by Crippen LogP contribution is -2.51. The van der Waals surface area contributed by atoms with Gasteiger partial charge >= 0.3 is 6.03 Å². The third-order valence-electron chi connectivity index (χ3n) is 6.73. The predicted octanol–water partition coefficient (Wildman–Crippen LogP) is 3.12. The van der Waals surface area contributed by atoms with Crippen LogP contribution in [0.25, 0.3) is 0 Å². The van der Waals surface area contributed by atoms with Crippen molar-refractivity contribution in [2.45, 2.75) is 51.0 Å². The number of carbonyl (C=O) groups is 2. The fourth-order valence-corrected chi connectivity index (χ4v) is 6.16. The van der Waals surface area contributed by atoms with E-state index >= 15 is 0 Å². The molecule has 5 nitrogen and oxygen atoms in total. The van der Waals surface area contributed by atoms with Gasteiger partial charge in [0, 0.05) is 6.54 Å². The van der Waals surface area contributed by atoms with E-state index in [-0.39, 0.29) is 18.4 Å². The first-order valence-corrected chi connectivity index (χ1v) is 9.89. The molecule has 4 saturated carbocycles. The number of hydrogen-bond donors (Lipinski definition) is 3. The molecular formula is C21H29N3O2. The molecule has 1 aromatic carbocycles. The zero-order valence-electron chi connectivity index (χ0n) is 15.2. The van der Waals surface area contributed by atoms with E-state index in [1.54, 1.807) is 0 Å². The van der Waals surface area contributed by atoms with Crippen LogP contribution in [0.1, 0.15) is 56.6 Å². The molecule has 4 N–H and O–H groups in total. The number of nitrogens with one attached hydrogen (secondary N) is 2. The van der Waals surface area contributed by atoms with E-state index in [2.05, 4.69) is 10.6 Å². The third kappa shape index (κ3) is 3.71. The third-order valence-corrected chi connectivity index (χ3v) is 6.73. The smallest absolute Gasteiger partial charge is 0.312 e. The van der Waals surface area contributed by atoms with E-state index in [0.717, 1.165) is 29.9 Å². The van der Waals surface area contributed by atoms with E-state index in [4.69, 9.17) is 5.73 Å². The molecule has 140 valence electrons. The lowest BCUT2D eigenvalue weighted by atomic mass is 9.49. The van der Waals surface area contributed by atoms with Gasteiger partial charge in [0.15, 0.2) is 0 Å². The number of primary amides is 1. The van der Waals surface area contributed by atoms with E-state index < -0.39 is 6.03 Å². The molecule has 26 heavy (non-hydrogen) atoms. The monoisotopic (exact) mass is 355 g/mol. The summed E-state index contributed by atoms with van der Waals surface area (Å²) in [6.07, 6.45) is 8.28. The van der Waals surface area contributed by atoms with Gasteiger partial charge in [-0.2, -0.15) is 0 Å². The average molecular weight is 355 g/mol. The van der Waals surface area contributed by atoms with Crippen LogP contribution < -0.4 is 16.4 Å². The molecule has 0 aliphatic heterocycles. The molecule has 0 radical (unpaired) electrons.